The molecule has 0 radical (unpaired) electrons. The standard InChI is InChI=1S/C16H22N2O3S/c1-9-7-13(17-15(20)11-5-6-11)22-14(9)16(21)18(2)8-12(19)10-3-4-10/h7,10-12,19H,3-6,8H2,1-2H3,(H,17,20)/t12-/m0/s1. The molecule has 0 unspecified atom stereocenters. The van der Waals surface area contributed by atoms with E-state index in [0.29, 0.717) is 17.3 Å². The van der Waals surface area contributed by atoms with Crippen LogP contribution < -0.4 is 5.32 Å². The first kappa shape index (κ1) is 15.5. The molecule has 0 spiro atoms. The highest BCUT2D eigenvalue weighted by Gasteiger charge is 2.32. The molecule has 0 saturated heterocycles. The molecule has 3 rings (SSSR count). The van der Waals surface area contributed by atoms with Crippen molar-refractivity contribution < 1.29 is 14.7 Å². The van der Waals surface area contributed by atoms with Crippen molar-refractivity contribution in [3.8, 4) is 0 Å². The van der Waals surface area contributed by atoms with Crippen LogP contribution in [-0.4, -0.2) is 41.5 Å². The summed E-state index contributed by atoms with van der Waals surface area (Å²) in [4.78, 5) is 26.5. The SMILES string of the molecule is Cc1cc(NC(=O)C2CC2)sc1C(=O)N(C)C[C@H](O)C1CC1. The second-order valence-corrected chi connectivity index (χ2v) is 7.53. The van der Waals surface area contributed by atoms with Crippen LogP contribution in [0.4, 0.5) is 5.00 Å². The zero-order valence-electron chi connectivity index (χ0n) is 13.0. The molecular weight excluding hydrogens is 300 g/mol. The number of likely N-dealkylation sites (N-methyl/N-ethyl adjacent to an activating group) is 1. The van der Waals surface area contributed by atoms with Crippen LogP contribution in [0.15, 0.2) is 6.07 Å². The minimum Gasteiger partial charge on any atom is -0.391 e. The zero-order chi connectivity index (χ0) is 15.9. The number of carbonyl (C=O) groups excluding carboxylic acids is 2. The lowest BCUT2D eigenvalue weighted by atomic mass is 10.2. The number of aliphatic hydroxyl groups is 1. The number of carbonyl (C=O) groups is 2. The van der Waals surface area contributed by atoms with Crippen molar-refractivity contribution in [1.82, 2.24) is 4.90 Å². The first-order valence-corrected chi connectivity index (χ1v) is 8.62. The van der Waals surface area contributed by atoms with Crippen LogP contribution in [0, 0.1) is 18.8 Å². The molecule has 2 fully saturated rings. The maximum Gasteiger partial charge on any atom is 0.264 e. The molecule has 1 aromatic heterocycles. The fraction of sp³-hybridized carbons (Fsp3) is 0.625. The fourth-order valence-electron chi connectivity index (χ4n) is 2.49. The summed E-state index contributed by atoms with van der Waals surface area (Å²) in [6.07, 6.45) is 3.60. The maximum absolute atomic E-state index is 12.5. The number of anilines is 1. The van der Waals surface area contributed by atoms with Crippen molar-refractivity contribution >= 4 is 28.2 Å². The van der Waals surface area contributed by atoms with Crippen LogP contribution in [0.1, 0.15) is 40.9 Å². The van der Waals surface area contributed by atoms with Crippen molar-refractivity contribution in [2.75, 3.05) is 18.9 Å². The number of hydrogen-bond donors (Lipinski definition) is 2. The van der Waals surface area contributed by atoms with Crippen molar-refractivity contribution in [2.45, 2.75) is 38.7 Å². The molecular formula is C16H22N2O3S. The summed E-state index contributed by atoms with van der Waals surface area (Å²) in [5.74, 6) is 0.470. The van der Waals surface area contributed by atoms with E-state index in [9.17, 15) is 14.7 Å². The number of nitrogens with zero attached hydrogens (tertiary/aromatic N) is 1. The molecule has 120 valence electrons. The van der Waals surface area contributed by atoms with Crippen LogP contribution >= 0.6 is 11.3 Å². The number of thiophene rings is 1. The number of nitrogens with one attached hydrogen (secondary N) is 1. The lowest BCUT2D eigenvalue weighted by molar-refractivity contribution is -0.117. The van der Waals surface area contributed by atoms with Crippen LogP contribution in [0.3, 0.4) is 0 Å². The van der Waals surface area contributed by atoms with E-state index in [1.54, 1.807) is 11.9 Å². The maximum atomic E-state index is 12.5. The smallest absolute Gasteiger partial charge is 0.264 e. The van der Waals surface area contributed by atoms with Gasteiger partial charge in [-0.05, 0) is 50.2 Å². The third-order valence-electron chi connectivity index (χ3n) is 4.28. The molecule has 2 aliphatic carbocycles. The molecule has 0 aromatic carbocycles. The van der Waals surface area contributed by atoms with Crippen molar-refractivity contribution in [2.24, 2.45) is 11.8 Å². The van der Waals surface area contributed by atoms with Crippen LogP contribution in [0.25, 0.3) is 0 Å². The Balaban J connectivity index is 1.63. The van der Waals surface area contributed by atoms with Crippen LogP contribution in [-0.2, 0) is 4.79 Å². The largest absolute Gasteiger partial charge is 0.391 e. The first-order chi connectivity index (χ1) is 10.5. The van der Waals surface area contributed by atoms with Gasteiger partial charge in [-0.3, -0.25) is 9.59 Å². The summed E-state index contributed by atoms with van der Waals surface area (Å²) in [7, 11) is 1.72. The number of aryl methyl sites for hydroxylation is 1. The Labute approximate surface area is 134 Å². The molecule has 5 nitrogen and oxygen atoms in total. The summed E-state index contributed by atoms with van der Waals surface area (Å²) in [5.41, 5.74) is 0.869. The number of aliphatic hydroxyl groups excluding tert-OH is 1. The topological polar surface area (TPSA) is 69.6 Å². The van der Waals surface area contributed by atoms with E-state index >= 15 is 0 Å². The Kier molecular flexibility index (Phi) is 4.23. The first-order valence-electron chi connectivity index (χ1n) is 7.80. The summed E-state index contributed by atoms with van der Waals surface area (Å²) < 4.78 is 0. The van der Waals surface area contributed by atoms with E-state index in [0.717, 1.165) is 36.2 Å². The number of hydrogen-bond acceptors (Lipinski definition) is 4. The highest BCUT2D eigenvalue weighted by Crippen LogP contribution is 2.34. The van der Waals surface area contributed by atoms with Crippen molar-refractivity contribution in [1.29, 1.82) is 0 Å². The highest BCUT2D eigenvalue weighted by molar-refractivity contribution is 7.18. The number of amides is 2. The lowest BCUT2D eigenvalue weighted by Crippen LogP contribution is -2.35. The molecule has 0 aliphatic heterocycles. The van der Waals surface area contributed by atoms with E-state index in [1.165, 1.54) is 11.3 Å². The molecule has 1 heterocycles. The van der Waals surface area contributed by atoms with Gasteiger partial charge in [0.2, 0.25) is 5.91 Å². The Morgan fingerprint density at radius 3 is 2.68 bits per heavy atom. The second-order valence-electron chi connectivity index (χ2n) is 6.48. The van der Waals surface area contributed by atoms with Crippen molar-refractivity contribution in [3.05, 3.63) is 16.5 Å². The molecule has 2 amide bonds. The van der Waals surface area contributed by atoms with Gasteiger partial charge in [0.15, 0.2) is 0 Å². The van der Waals surface area contributed by atoms with Gasteiger partial charge in [0.1, 0.15) is 0 Å². The van der Waals surface area contributed by atoms with Crippen LogP contribution in [0.5, 0.6) is 0 Å². The third kappa shape index (κ3) is 3.50. The molecule has 1 aromatic rings. The van der Waals surface area contributed by atoms with E-state index in [-0.39, 0.29) is 17.7 Å². The average molecular weight is 322 g/mol. The van der Waals surface area contributed by atoms with Gasteiger partial charge in [-0.1, -0.05) is 0 Å². The predicted molar refractivity (Wildman–Crippen MR) is 86.1 cm³/mol. The minimum atomic E-state index is -0.428. The van der Waals surface area contributed by atoms with E-state index in [2.05, 4.69) is 5.32 Å². The van der Waals surface area contributed by atoms with Crippen LogP contribution in [0.2, 0.25) is 0 Å². The third-order valence-corrected chi connectivity index (χ3v) is 5.42. The normalized spacial score (nSPS) is 18.9. The van der Waals surface area contributed by atoms with E-state index in [1.807, 2.05) is 13.0 Å². The molecule has 2 aliphatic rings. The van der Waals surface area contributed by atoms with Gasteiger partial charge in [0.05, 0.1) is 16.0 Å². The fourth-order valence-corrected chi connectivity index (χ4v) is 3.56. The summed E-state index contributed by atoms with van der Waals surface area (Å²) in [5, 5.41) is 13.6. The Bertz CT molecular complexity index is 590. The van der Waals surface area contributed by atoms with Crippen molar-refractivity contribution in [3.63, 3.8) is 0 Å². The summed E-state index contributed by atoms with van der Waals surface area (Å²) in [6, 6.07) is 1.85. The van der Waals surface area contributed by atoms with E-state index < -0.39 is 6.10 Å². The average Bonchev–Trinajstić information content (AvgIpc) is 3.36. The molecule has 2 N–H and O–H groups in total. The Morgan fingerprint density at radius 1 is 1.41 bits per heavy atom. The summed E-state index contributed by atoms with van der Waals surface area (Å²) in [6.45, 7) is 2.24. The Morgan fingerprint density at radius 2 is 2.09 bits per heavy atom. The van der Waals surface area contributed by atoms with Gasteiger partial charge in [-0.2, -0.15) is 0 Å². The predicted octanol–water partition coefficient (Wildman–Crippen LogP) is 2.25. The van der Waals surface area contributed by atoms with Gasteiger partial charge in [0, 0.05) is 19.5 Å². The van der Waals surface area contributed by atoms with Gasteiger partial charge in [-0.25, -0.2) is 0 Å². The number of rotatable bonds is 6. The lowest BCUT2D eigenvalue weighted by Gasteiger charge is -2.20. The summed E-state index contributed by atoms with van der Waals surface area (Å²) >= 11 is 1.32. The highest BCUT2D eigenvalue weighted by atomic mass is 32.1. The molecule has 1 atom stereocenters. The minimum absolute atomic E-state index is 0.0535. The van der Waals surface area contributed by atoms with Gasteiger partial charge in [-0.15, -0.1) is 11.3 Å². The molecule has 22 heavy (non-hydrogen) atoms. The van der Waals surface area contributed by atoms with Gasteiger partial charge >= 0.3 is 0 Å². The van der Waals surface area contributed by atoms with E-state index in [4.69, 9.17) is 0 Å². The molecule has 0 bridgehead atoms. The molecule has 6 heteroatoms. The Hall–Kier alpha value is -1.40. The quantitative estimate of drug-likeness (QED) is 0.844. The van der Waals surface area contributed by atoms with Gasteiger partial charge in [0.25, 0.3) is 5.91 Å². The monoisotopic (exact) mass is 322 g/mol. The second kappa shape index (κ2) is 6.01. The zero-order valence-corrected chi connectivity index (χ0v) is 13.8. The molecule has 2 saturated carbocycles. The van der Waals surface area contributed by atoms with Gasteiger partial charge < -0.3 is 15.3 Å².